The fourth-order valence-corrected chi connectivity index (χ4v) is 2.42. The molecular weight excluding hydrogens is 266 g/mol. The Kier molecular flexibility index (Phi) is 4.10. The lowest BCUT2D eigenvalue weighted by Gasteiger charge is -2.29. The van der Waals surface area contributed by atoms with Crippen molar-refractivity contribution in [1.82, 2.24) is 10.3 Å². The minimum absolute atomic E-state index is 0.363. The fraction of sp³-hybridized carbons (Fsp3) is 0.438. The van der Waals surface area contributed by atoms with E-state index >= 15 is 0 Å². The molecule has 1 aliphatic heterocycles. The third kappa shape index (κ3) is 3.36. The highest BCUT2D eigenvalue weighted by molar-refractivity contribution is 5.49. The number of benzene rings is 1. The van der Waals surface area contributed by atoms with Crippen LogP contribution in [0.3, 0.4) is 0 Å². The number of ether oxygens (including phenoxy) is 1. The van der Waals surface area contributed by atoms with E-state index in [-0.39, 0.29) is 0 Å². The minimum Gasteiger partial charge on any atom is -0.484 e. The second kappa shape index (κ2) is 6.18. The highest BCUT2D eigenvalue weighted by Gasteiger charge is 2.10. The van der Waals surface area contributed by atoms with Crippen LogP contribution in [0.4, 0.5) is 5.69 Å². The maximum absolute atomic E-state index is 5.72. The third-order valence-corrected chi connectivity index (χ3v) is 3.75. The lowest BCUT2D eigenvalue weighted by atomic mass is 10.2. The van der Waals surface area contributed by atoms with Crippen LogP contribution in [0.1, 0.15) is 17.3 Å². The van der Waals surface area contributed by atoms with Crippen molar-refractivity contribution in [3.8, 4) is 5.75 Å². The molecule has 3 rings (SSSR count). The quantitative estimate of drug-likeness (QED) is 0.935. The number of aryl methyl sites for hydroxylation is 2. The Bertz CT molecular complexity index is 567. The molecule has 0 bridgehead atoms. The summed E-state index contributed by atoms with van der Waals surface area (Å²) in [7, 11) is 0. The minimum atomic E-state index is 0.363. The number of hydrogen-bond acceptors (Lipinski definition) is 5. The van der Waals surface area contributed by atoms with Gasteiger partial charge in [0.25, 0.3) is 0 Å². The highest BCUT2D eigenvalue weighted by Crippen LogP contribution is 2.20. The molecule has 0 unspecified atom stereocenters. The SMILES string of the molecule is Cc1nc(COc2ccc(N3CCNCC3)cc2)oc1C. The number of oxazole rings is 1. The van der Waals surface area contributed by atoms with E-state index in [1.165, 1.54) is 5.69 Å². The van der Waals surface area contributed by atoms with Gasteiger partial charge in [0.05, 0.1) is 5.69 Å². The molecular formula is C16H21N3O2. The predicted molar refractivity (Wildman–Crippen MR) is 81.8 cm³/mol. The van der Waals surface area contributed by atoms with Crippen molar-refractivity contribution in [2.24, 2.45) is 0 Å². The van der Waals surface area contributed by atoms with Crippen LogP contribution in [0.5, 0.6) is 5.75 Å². The van der Waals surface area contributed by atoms with E-state index in [1.54, 1.807) is 0 Å². The van der Waals surface area contributed by atoms with Crippen molar-refractivity contribution < 1.29 is 9.15 Å². The van der Waals surface area contributed by atoms with Gasteiger partial charge in [-0.2, -0.15) is 0 Å². The zero-order valence-corrected chi connectivity index (χ0v) is 12.6. The van der Waals surface area contributed by atoms with E-state index in [2.05, 4.69) is 27.3 Å². The van der Waals surface area contributed by atoms with Crippen LogP contribution in [-0.2, 0) is 6.61 Å². The molecule has 1 saturated heterocycles. The van der Waals surface area contributed by atoms with Crippen LogP contribution in [0.2, 0.25) is 0 Å². The molecule has 112 valence electrons. The average molecular weight is 287 g/mol. The third-order valence-electron chi connectivity index (χ3n) is 3.75. The second-order valence-corrected chi connectivity index (χ2v) is 5.27. The van der Waals surface area contributed by atoms with Crippen LogP contribution in [0.15, 0.2) is 28.7 Å². The van der Waals surface area contributed by atoms with E-state index in [0.29, 0.717) is 12.5 Å². The molecule has 0 aliphatic carbocycles. The molecule has 2 aromatic rings. The molecule has 0 spiro atoms. The molecule has 1 aliphatic rings. The number of nitrogens with zero attached hydrogens (tertiary/aromatic N) is 2. The number of aromatic nitrogens is 1. The van der Waals surface area contributed by atoms with Gasteiger partial charge in [0.1, 0.15) is 11.5 Å². The zero-order valence-electron chi connectivity index (χ0n) is 12.6. The largest absolute Gasteiger partial charge is 0.484 e. The predicted octanol–water partition coefficient (Wildman–Crippen LogP) is 2.28. The summed E-state index contributed by atoms with van der Waals surface area (Å²) >= 11 is 0. The number of piperazine rings is 1. The van der Waals surface area contributed by atoms with Crippen molar-refractivity contribution >= 4 is 5.69 Å². The van der Waals surface area contributed by atoms with Crippen molar-refractivity contribution in [1.29, 1.82) is 0 Å². The topological polar surface area (TPSA) is 50.5 Å². The number of anilines is 1. The van der Waals surface area contributed by atoms with Crippen LogP contribution in [0, 0.1) is 13.8 Å². The van der Waals surface area contributed by atoms with Gasteiger partial charge < -0.3 is 19.4 Å². The standard InChI is InChI=1S/C16H21N3O2/c1-12-13(2)21-16(18-12)11-20-15-5-3-14(4-6-15)19-9-7-17-8-10-19/h3-6,17H,7-11H2,1-2H3. The lowest BCUT2D eigenvalue weighted by molar-refractivity contribution is 0.260. The normalized spacial score (nSPS) is 15.2. The summed E-state index contributed by atoms with van der Waals surface area (Å²) in [6.07, 6.45) is 0. The first-order valence-electron chi connectivity index (χ1n) is 7.34. The van der Waals surface area contributed by atoms with Gasteiger partial charge in [0, 0.05) is 31.9 Å². The first-order chi connectivity index (χ1) is 10.2. The maximum Gasteiger partial charge on any atom is 0.232 e. The Balaban J connectivity index is 1.59. The lowest BCUT2D eigenvalue weighted by Crippen LogP contribution is -2.43. The Labute approximate surface area is 124 Å². The van der Waals surface area contributed by atoms with Crippen molar-refractivity contribution in [2.45, 2.75) is 20.5 Å². The molecule has 0 atom stereocenters. The molecule has 0 amide bonds. The van der Waals surface area contributed by atoms with E-state index in [4.69, 9.17) is 9.15 Å². The molecule has 1 fully saturated rings. The first-order valence-corrected chi connectivity index (χ1v) is 7.34. The van der Waals surface area contributed by atoms with Gasteiger partial charge in [-0.3, -0.25) is 0 Å². The number of rotatable bonds is 4. The van der Waals surface area contributed by atoms with Crippen LogP contribution in [0.25, 0.3) is 0 Å². The molecule has 0 radical (unpaired) electrons. The Morgan fingerprint density at radius 2 is 1.90 bits per heavy atom. The molecule has 1 aromatic heterocycles. The van der Waals surface area contributed by atoms with Crippen LogP contribution >= 0.6 is 0 Å². The van der Waals surface area contributed by atoms with E-state index in [0.717, 1.165) is 43.4 Å². The Morgan fingerprint density at radius 1 is 1.19 bits per heavy atom. The molecule has 21 heavy (non-hydrogen) atoms. The van der Waals surface area contributed by atoms with Gasteiger partial charge in [-0.15, -0.1) is 0 Å². The maximum atomic E-state index is 5.72. The molecule has 1 N–H and O–H groups in total. The van der Waals surface area contributed by atoms with E-state index < -0.39 is 0 Å². The zero-order chi connectivity index (χ0) is 14.7. The summed E-state index contributed by atoms with van der Waals surface area (Å²) in [4.78, 5) is 6.69. The second-order valence-electron chi connectivity index (χ2n) is 5.27. The average Bonchev–Trinajstić information content (AvgIpc) is 2.85. The van der Waals surface area contributed by atoms with Gasteiger partial charge in [-0.1, -0.05) is 0 Å². The first kappa shape index (κ1) is 13.9. The Hall–Kier alpha value is -2.01. The Morgan fingerprint density at radius 3 is 2.52 bits per heavy atom. The fourth-order valence-electron chi connectivity index (χ4n) is 2.42. The van der Waals surface area contributed by atoms with Gasteiger partial charge in [0.2, 0.25) is 5.89 Å². The summed E-state index contributed by atoms with van der Waals surface area (Å²) in [5.74, 6) is 2.31. The van der Waals surface area contributed by atoms with Gasteiger partial charge >= 0.3 is 0 Å². The number of nitrogens with one attached hydrogen (secondary N) is 1. The molecule has 5 nitrogen and oxygen atoms in total. The molecule has 1 aromatic carbocycles. The van der Waals surface area contributed by atoms with Crippen molar-refractivity contribution in [3.63, 3.8) is 0 Å². The summed E-state index contributed by atoms with van der Waals surface area (Å²) in [6.45, 7) is 8.40. The summed E-state index contributed by atoms with van der Waals surface area (Å²) in [5.41, 5.74) is 2.16. The van der Waals surface area contributed by atoms with Gasteiger partial charge in [-0.25, -0.2) is 4.98 Å². The number of hydrogen-bond donors (Lipinski definition) is 1. The molecule has 5 heteroatoms. The summed E-state index contributed by atoms with van der Waals surface area (Å²) in [6, 6.07) is 8.21. The highest BCUT2D eigenvalue weighted by atomic mass is 16.5. The smallest absolute Gasteiger partial charge is 0.232 e. The molecule has 0 saturated carbocycles. The van der Waals surface area contributed by atoms with E-state index in [9.17, 15) is 0 Å². The van der Waals surface area contributed by atoms with Crippen molar-refractivity contribution in [3.05, 3.63) is 41.6 Å². The molecule has 2 heterocycles. The van der Waals surface area contributed by atoms with Gasteiger partial charge in [-0.05, 0) is 38.1 Å². The monoisotopic (exact) mass is 287 g/mol. The summed E-state index contributed by atoms with van der Waals surface area (Å²) in [5, 5.41) is 3.36. The van der Waals surface area contributed by atoms with Crippen LogP contribution < -0.4 is 15.0 Å². The van der Waals surface area contributed by atoms with Crippen molar-refractivity contribution in [2.75, 3.05) is 31.1 Å². The summed E-state index contributed by atoms with van der Waals surface area (Å²) < 4.78 is 11.2. The van der Waals surface area contributed by atoms with Crippen LogP contribution in [-0.4, -0.2) is 31.2 Å². The van der Waals surface area contributed by atoms with Gasteiger partial charge in [0.15, 0.2) is 6.61 Å². The van der Waals surface area contributed by atoms with E-state index in [1.807, 2.05) is 26.0 Å².